The van der Waals surface area contributed by atoms with Crippen molar-refractivity contribution in [1.29, 1.82) is 0 Å². The van der Waals surface area contributed by atoms with Gasteiger partial charge in [-0.05, 0) is 12.3 Å². The Morgan fingerprint density at radius 1 is 1.62 bits per heavy atom. The third kappa shape index (κ3) is 2.79. The summed E-state index contributed by atoms with van der Waals surface area (Å²) in [5, 5.41) is 13.1. The van der Waals surface area contributed by atoms with Crippen LogP contribution in [0.15, 0.2) is 10.9 Å². The maximum absolute atomic E-state index is 11.6. The van der Waals surface area contributed by atoms with Gasteiger partial charge in [-0.1, -0.05) is 12.8 Å². The molecule has 1 atom stereocenters. The molecule has 1 amide bonds. The highest BCUT2D eigenvalue weighted by molar-refractivity contribution is 7.07. The van der Waals surface area contributed by atoms with Crippen molar-refractivity contribution in [2.45, 2.75) is 25.3 Å². The van der Waals surface area contributed by atoms with Crippen LogP contribution in [0, 0.1) is 5.92 Å². The van der Waals surface area contributed by atoms with E-state index in [0.717, 1.165) is 12.8 Å². The molecule has 2 N–H and O–H groups in total. The Labute approximate surface area is 96.5 Å². The quantitative estimate of drug-likeness (QED) is 0.808. The van der Waals surface area contributed by atoms with Gasteiger partial charge in [0.25, 0.3) is 5.91 Å². The molecule has 1 saturated carbocycles. The Kier molecular flexibility index (Phi) is 3.19. The fourth-order valence-corrected chi connectivity index (χ4v) is 2.00. The van der Waals surface area contributed by atoms with Gasteiger partial charge in [0.15, 0.2) is 0 Å². The summed E-state index contributed by atoms with van der Waals surface area (Å²) < 4.78 is 0. The summed E-state index contributed by atoms with van der Waals surface area (Å²) >= 11 is 1.31. The van der Waals surface area contributed by atoms with E-state index in [4.69, 9.17) is 5.11 Å². The molecule has 0 bridgehead atoms. The maximum Gasteiger partial charge on any atom is 0.326 e. The molecule has 6 heteroatoms. The highest BCUT2D eigenvalue weighted by Gasteiger charge is 2.30. The first-order chi connectivity index (χ1) is 7.66. The number of hydrogen-bond acceptors (Lipinski definition) is 4. The first-order valence-electron chi connectivity index (χ1n) is 5.08. The number of hydrogen-bond donors (Lipinski definition) is 2. The predicted molar refractivity (Wildman–Crippen MR) is 58.3 cm³/mol. The number of aromatic nitrogens is 1. The minimum absolute atomic E-state index is 0.284. The first kappa shape index (κ1) is 11.1. The number of rotatable bonds is 5. The lowest BCUT2D eigenvalue weighted by Gasteiger charge is -2.12. The van der Waals surface area contributed by atoms with Crippen molar-refractivity contribution in [3.05, 3.63) is 16.6 Å². The zero-order valence-corrected chi connectivity index (χ0v) is 9.37. The van der Waals surface area contributed by atoms with Gasteiger partial charge in [0, 0.05) is 5.38 Å². The van der Waals surface area contributed by atoms with E-state index in [2.05, 4.69) is 10.3 Å². The Morgan fingerprint density at radius 2 is 2.38 bits per heavy atom. The van der Waals surface area contributed by atoms with Gasteiger partial charge in [-0.25, -0.2) is 9.78 Å². The van der Waals surface area contributed by atoms with E-state index in [0.29, 0.717) is 12.3 Å². The summed E-state index contributed by atoms with van der Waals surface area (Å²) in [6.07, 6.45) is 2.65. The van der Waals surface area contributed by atoms with Crippen molar-refractivity contribution in [1.82, 2.24) is 10.3 Å². The monoisotopic (exact) mass is 240 g/mol. The molecule has 16 heavy (non-hydrogen) atoms. The van der Waals surface area contributed by atoms with Gasteiger partial charge in [0.2, 0.25) is 0 Å². The van der Waals surface area contributed by atoms with Crippen LogP contribution < -0.4 is 5.32 Å². The fourth-order valence-electron chi connectivity index (χ4n) is 1.47. The van der Waals surface area contributed by atoms with Crippen molar-refractivity contribution < 1.29 is 14.7 Å². The van der Waals surface area contributed by atoms with E-state index in [1.165, 1.54) is 11.3 Å². The molecule has 1 aliphatic rings. The maximum atomic E-state index is 11.6. The molecule has 2 rings (SSSR count). The third-order valence-corrected chi connectivity index (χ3v) is 3.12. The second kappa shape index (κ2) is 4.61. The normalized spacial score (nSPS) is 16.8. The van der Waals surface area contributed by atoms with Crippen LogP contribution in [-0.2, 0) is 4.79 Å². The van der Waals surface area contributed by atoms with Crippen LogP contribution >= 0.6 is 11.3 Å². The van der Waals surface area contributed by atoms with E-state index in [1.54, 1.807) is 10.9 Å². The minimum Gasteiger partial charge on any atom is -0.480 e. The average Bonchev–Trinajstić information content (AvgIpc) is 2.89. The number of carbonyl (C=O) groups excluding carboxylic acids is 1. The molecule has 1 fully saturated rings. The molecule has 0 spiro atoms. The lowest BCUT2D eigenvalue weighted by molar-refractivity contribution is -0.139. The van der Waals surface area contributed by atoms with E-state index < -0.39 is 17.9 Å². The van der Waals surface area contributed by atoms with Crippen molar-refractivity contribution >= 4 is 23.2 Å². The third-order valence-electron chi connectivity index (χ3n) is 2.53. The van der Waals surface area contributed by atoms with Gasteiger partial charge < -0.3 is 10.4 Å². The summed E-state index contributed by atoms with van der Waals surface area (Å²) in [7, 11) is 0. The zero-order chi connectivity index (χ0) is 11.5. The molecule has 1 heterocycles. The minimum atomic E-state index is -0.976. The van der Waals surface area contributed by atoms with Crippen LogP contribution in [0.2, 0.25) is 0 Å². The van der Waals surface area contributed by atoms with Crippen LogP contribution in [0.3, 0.4) is 0 Å². The molecule has 1 aromatic heterocycles. The van der Waals surface area contributed by atoms with Crippen LogP contribution in [0.4, 0.5) is 0 Å². The SMILES string of the molecule is O=C(NC(CC1CC1)C(=O)O)c1cscn1. The Morgan fingerprint density at radius 3 is 2.88 bits per heavy atom. The fraction of sp³-hybridized carbons (Fsp3) is 0.500. The van der Waals surface area contributed by atoms with Crippen LogP contribution in [0.5, 0.6) is 0 Å². The van der Waals surface area contributed by atoms with Crippen molar-refractivity contribution in [2.75, 3.05) is 0 Å². The zero-order valence-electron chi connectivity index (χ0n) is 8.55. The second-order valence-electron chi connectivity index (χ2n) is 3.92. The first-order valence-corrected chi connectivity index (χ1v) is 6.03. The topological polar surface area (TPSA) is 79.3 Å². The Hall–Kier alpha value is -1.43. The predicted octanol–water partition coefficient (Wildman–Crippen LogP) is 1.13. The highest BCUT2D eigenvalue weighted by atomic mass is 32.1. The highest BCUT2D eigenvalue weighted by Crippen LogP contribution is 2.33. The van der Waals surface area contributed by atoms with E-state index in [9.17, 15) is 9.59 Å². The Balaban J connectivity index is 1.94. The van der Waals surface area contributed by atoms with Crippen LogP contribution in [-0.4, -0.2) is 28.0 Å². The molecule has 0 saturated heterocycles. The van der Waals surface area contributed by atoms with Gasteiger partial charge in [-0.2, -0.15) is 0 Å². The molecule has 0 aliphatic heterocycles. The van der Waals surface area contributed by atoms with E-state index in [-0.39, 0.29) is 5.69 Å². The lowest BCUT2D eigenvalue weighted by atomic mass is 10.1. The number of nitrogens with zero attached hydrogens (tertiary/aromatic N) is 1. The van der Waals surface area contributed by atoms with Crippen molar-refractivity contribution in [3.8, 4) is 0 Å². The number of carboxylic acid groups (broad SMARTS) is 1. The van der Waals surface area contributed by atoms with Gasteiger partial charge >= 0.3 is 5.97 Å². The molecule has 5 nitrogen and oxygen atoms in total. The summed E-state index contributed by atoms with van der Waals surface area (Å²) in [6, 6.07) is -0.790. The summed E-state index contributed by atoms with van der Waals surface area (Å²) in [6.45, 7) is 0. The Bertz CT molecular complexity index is 387. The van der Waals surface area contributed by atoms with Crippen LogP contribution in [0.1, 0.15) is 29.8 Å². The largest absolute Gasteiger partial charge is 0.480 e. The molecule has 0 radical (unpaired) electrons. The van der Waals surface area contributed by atoms with Crippen molar-refractivity contribution in [2.24, 2.45) is 5.92 Å². The summed E-state index contributed by atoms with van der Waals surface area (Å²) in [4.78, 5) is 26.4. The molecule has 0 aromatic carbocycles. The van der Waals surface area contributed by atoms with Crippen LogP contribution in [0.25, 0.3) is 0 Å². The number of amides is 1. The van der Waals surface area contributed by atoms with Crippen molar-refractivity contribution in [3.63, 3.8) is 0 Å². The molecule has 1 aliphatic carbocycles. The summed E-state index contributed by atoms with van der Waals surface area (Å²) in [5.74, 6) is -0.929. The van der Waals surface area contributed by atoms with Gasteiger partial charge in [-0.15, -0.1) is 11.3 Å². The molecule has 1 aromatic rings. The standard InChI is InChI=1S/C10H12N2O3S/c13-9(8-4-16-5-11-8)12-7(10(14)15)3-6-1-2-6/h4-7H,1-3H2,(H,12,13)(H,14,15). The number of carboxylic acids is 1. The number of nitrogens with one attached hydrogen (secondary N) is 1. The molecular formula is C10H12N2O3S. The van der Waals surface area contributed by atoms with E-state index >= 15 is 0 Å². The summed E-state index contributed by atoms with van der Waals surface area (Å²) in [5.41, 5.74) is 1.83. The van der Waals surface area contributed by atoms with E-state index in [1.807, 2.05) is 0 Å². The molecule has 86 valence electrons. The van der Waals surface area contributed by atoms with Gasteiger partial charge in [-0.3, -0.25) is 4.79 Å². The lowest BCUT2D eigenvalue weighted by Crippen LogP contribution is -2.41. The smallest absolute Gasteiger partial charge is 0.326 e. The van der Waals surface area contributed by atoms with Gasteiger partial charge in [0.05, 0.1) is 5.51 Å². The second-order valence-corrected chi connectivity index (χ2v) is 4.64. The van der Waals surface area contributed by atoms with Gasteiger partial charge in [0.1, 0.15) is 11.7 Å². The average molecular weight is 240 g/mol. The number of carbonyl (C=O) groups is 2. The molecule has 1 unspecified atom stereocenters. The number of thiazole rings is 1. The number of aliphatic carboxylic acids is 1. The molecular weight excluding hydrogens is 228 g/mol.